The van der Waals surface area contributed by atoms with Gasteiger partial charge in [-0.25, -0.2) is 15.3 Å². The number of aliphatic imine (C=N–C) groups is 1. The molecule has 0 aliphatic heterocycles. The second kappa shape index (κ2) is 9.47. The van der Waals surface area contributed by atoms with Crippen molar-refractivity contribution in [2.24, 2.45) is 32.6 Å². The highest BCUT2D eigenvalue weighted by atomic mass is 31.2. The summed E-state index contributed by atoms with van der Waals surface area (Å²) in [6, 6.07) is 7.30. The molecule has 0 aliphatic carbocycles. The molecule has 13 heteroatoms. The van der Waals surface area contributed by atoms with Gasteiger partial charge >= 0.3 is 13.9 Å². The number of guanidine groups is 1. The Morgan fingerprint density at radius 1 is 1.21 bits per heavy atom. The van der Waals surface area contributed by atoms with Crippen LogP contribution in [0.25, 0.3) is 0 Å². The molecule has 0 bridgehead atoms. The SMILES string of the molecule is N=C(N=NC(N)=O)N=C(N)OP(=O)(ON)OCCc1ccccc1. The van der Waals surface area contributed by atoms with Crippen molar-refractivity contribution in [1.82, 2.24) is 0 Å². The van der Waals surface area contributed by atoms with Crippen LogP contribution >= 0.6 is 7.82 Å². The highest BCUT2D eigenvalue weighted by molar-refractivity contribution is 7.49. The van der Waals surface area contributed by atoms with Gasteiger partial charge in [-0.15, -0.1) is 5.11 Å². The summed E-state index contributed by atoms with van der Waals surface area (Å²) >= 11 is 0. The number of phosphoric ester groups is 1. The van der Waals surface area contributed by atoms with Crippen LogP contribution in [0.3, 0.4) is 0 Å². The summed E-state index contributed by atoms with van der Waals surface area (Å²) in [6.45, 7) is -0.0371. The Balaban J connectivity index is 2.58. The summed E-state index contributed by atoms with van der Waals surface area (Å²) in [5.74, 6) is 4.06. The van der Waals surface area contributed by atoms with Crippen LogP contribution in [0.2, 0.25) is 0 Å². The molecule has 1 atom stereocenters. The van der Waals surface area contributed by atoms with Gasteiger partial charge < -0.3 is 16.0 Å². The molecule has 0 radical (unpaired) electrons. The monoisotopic (exact) mass is 357 g/mol. The third kappa shape index (κ3) is 7.56. The van der Waals surface area contributed by atoms with E-state index in [2.05, 4.69) is 30.1 Å². The van der Waals surface area contributed by atoms with E-state index in [1.165, 1.54) is 0 Å². The van der Waals surface area contributed by atoms with Crippen LogP contribution in [0.1, 0.15) is 5.56 Å². The van der Waals surface area contributed by atoms with Gasteiger partial charge in [-0.2, -0.15) is 9.62 Å². The maximum absolute atomic E-state index is 12.1. The minimum atomic E-state index is -4.23. The normalized spacial score (nSPS) is 14.3. The fourth-order valence-corrected chi connectivity index (χ4v) is 2.10. The third-order valence-electron chi connectivity index (χ3n) is 2.28. The van der Waals surface area contributed by atoms with Crippen molar-refractivity contribution in [3.05, 3.63) is 35.9 Å². The van der Waals surface area contributed by atoms with E-state index in [1.54, 1.807) is 0 Å². The molecule has 12 nitrogen and oxygen atoms in total. The predicted octanol–water partition coefficient (Wildman–Crippen LogP) is 1.04. The Labute approximate surface area is 136 Å². The molecule has 1 rings (SSSR count). The quantitative estimate of drug-likeness (QED) is 0.191. The highest BCUT2D eigenvalue weighted by Crippen LogP contribution is 2.47. The average molecular weight is 357 g/mol. The number of primary amides is 1. The summed E-state index contributed by atoms with van der Waals surface area (Å²) in [5, 5.41) is 13.1. The molecule has 0 saturated carbocycles. The summed E-state index contributed by atoms with van der Waals surface area (Å²) in [5.41, 5.74) is 10.9. The van der Waals surface area contributed by atoms with E-state index in [-0.39, 0.29) is 6.61 Å². The second-order valence-electron chi connectivity index (χ2n) is 4.02. The lowest BCUT2D eigenvalue weighted by atomic mass is 10.2. The van der Waals surface area contributed by atoms with E-state index in [0.29, 0.717) is 6.42 Å². The largest absolute Gasteiger partial charge is 0.549 e. The molecule has 24 heavy (non-hydrogen) atoms. The number of benzene rings is 1. The van der Waals surface area contributed by atoms with Gasteiger partial charge in [0.05, 0.1) is 6.61 Å². The number of hydrogen-bond acceptors (Lipinski definition) is 7. The van der Waals surface area contributed by atoms with Gasteiger partial charge in [0.2, 0.25) is 0 Å². The van der Waals surface area contributed by atoms with Crippen molar-refractivity contribution in [2.75, 3.05) is 6.61 Å². The van der Waals surface area contributed by atoms with Crippen molar-refractivity contribution in [1.29, 1.82) is 5.41 Å². The molecule has 1 unspecified atom stereocenters. The van der Waals surface area contributed by atoms with Crippen LogP contribution in [0, 0.1) is 5.41 Å². The van der Waals surface area contributed by atoms with E-state index in [9.17, 15) is 9.36 Å². The first-order valence-corrected chi connectivity index (χ1v) is 7.81. The fraction of sp³-hybridized carbons (Fsp3) is 0.182. The van der Waals surface area contributed by atoms with E-state index in [0.717, 1.165) is 5.56 Å². The van der Waals surface area contributed by atoms with Gasteiger partial charge in [-0.1, -0.05) is 35.4 Å². The van der Waals surface area contributed by atoms with E-state index < -0.39 is 25.8 Å². The number of hydrogen-bond donors (Lipinski definition) is 4. The molecular weight excluding hydrogens is 341 g/mol. The Kier molecular flexibility index (Phi) is 7.65. The van der Waals surface area contributed by atoms with Crippen LogP contribution in [-0.2, 0) is 24.7 Å². The minimum absolute atomic E-state index is 0.0371. The lowest BCUT2D eigenvalue weighted by Crippen LogP contribution is -2.19. The van der Waals surface area contributed by atoms with Crippen LogP contribution in [0.15, 0.2) is 45.6 Å². The zero-order chi connectivity index (χ0) is 18.0. The molecule has 2 amide bonds. The van der Waals surface area contributed by atoms with Gasteiger partial charge in [-0.05, 0) is 12.0 Å². The molecular formula is C11H16N7O5P. The number of nitrogens with one attached hydrogen (secondary N) is 1. The number of amides is 2. The number of carbonyl (C=O) groups excluding carboxylic acids is 1. The first-order valence-electron chi connectivity index (χ1n) is 6.35. The summed E-state index contributed by atoms with van der Waals surface area (Å²) in [6.07, 6.45) is 0.414. The van der Waals surface area contributed by atoms with E-state index in [4.69, 9.17) is 21.6 Å². The Morgan fingerprint density at radius 2 is 1.88 bits per heavy atom. The number of phosphoric acid groups is 1. The number of nitrogens with two attached hydrogens (primary N) is 3. The molecule has 0 aromatic heterocycles. The number of azo groups is 1. The van der Waals surface area contributed by atoms with Gasteiger partial charge in [0.1, 0.15) is 0 Å². The number of amidine groups is 1. The highest BCUT2D eigenvalue weighted by Gasteiger charge is 2.29. The van der Waals surface area contributed by atoms with Gasteiger partial charge in [0.25, 0.3) is 12.0 Å². The predicted molar refractivity (Wildman–Crippen MR) is 83.9 cm³/mol. The van der Waals surface area contributed by atoms with Gasteiger partial charge in [-0.3, -0.25) is 9.93 Å². The molecule has 0 spiro atoms. The summed E-state index contributed by atoms with van der Waals surface area (Å²) in [7, 11) is -4.23. The van der Waals surface area contributed by atoms with Gasteiger partial charge in [0, 0.05) is 0 Å². The van der Waals surface area contributed by atoms with Crippen LogP contribution in [0.5, 0.6) is 0 Å². The van der Waals surface area contributed by atoms with Crippen molar-refractivity contribution in [3.8, 4) is 0 Å². The smallest absolute Gasteiger partial charge is 0.369 e. The molecule has 0 fully saturated rings. The van der Waals surface area contributed by atoms with E-state index in [1.807, 2.05) is 30.3 Å². The maximum Gasteiger partial charge on any atom is 0.549 e. The lowest BCUT2D eigenvalue weighted by molar-refractivity contribution is 0.155. The van der Waals surface area contributed by atoms with Crippen LogP contribution in [-0.4, -0.2) is 24.6 Å². The standard InChI is InChI=1S/C11H16N7O5P/c12-9(17-18-10(13)19)16-11(14)22-24(20,23-15)21-7-6-8-4-2-1-3-5-8/h1-5H,6-7,15H2,(H2,13,19)(H3,12,14,16). The van der Waals surface area contributed by atoms with Crippen LogP contribution < -0.4 is 17.4 Å². The number of rotatable bonds is 6. The zero-order valence-corrected chi connectivity index (χ0v) is 13.3. The number of nitrogens with zero attached hydrogens (tertiary/aromatic N) is 3. The number of urea groups is 1. The van der Waals surface area contributed by atoms with Crippen LogP contribution in [0.4, 0.5) is 4.79 Å². The van der Waals surface area contributed by atoms with Crippen molar-refractivity contribution < 1.29 is 23.0 Å². The summed E-state index contributed by atoms with van der Waals surface area (Å²) in [4.78, 5) is 13.6. The second-order valence-corrected chi connectivity index (χ2v) is 5.57. The third-order valence-corrected chi connectivity index (χ3v) is 3.44. The topological polar surface area (TPSA) is 201 Å². The zero-order valence-electron chi connectivity index (χ0n) is 12.4. The van der Waals surface area contributed by atoms with Gasteiger partial charge in [0.15, 0.2) is 0 Å². The molecule has 0 aliphatic rings. The Hall–Kier alpha value is -2.66. The molecule has 0 heterocycles. The Morgan fingerprint density at radius 3 is 2.46 bits per heavy atom. The Bertz CT molecular complexity index is 679. The molecule has 7 N–H and O–H groups in total. The van der Waals surface area contributed by atoms with Crippen molar-refractivity contribution in [2.45, 2.75) is 6.42 Å². The molecule has 1 aromatic carbocycles. The molecule has 0 saturated heterocycles. The van der Waals surface area contributed by atoms with E-state index >= 15 is 0 Å². The lowest BCUT2D eigenvalue weighted by Gasteiger charge is -2.14. The fourth-order valence-electron chi connectivity index (χ4n) is 1.36. The maximum atomic E-state index is 12.1. The molecule has 1 aromatic rings. The average Bonchev–Trinajstić information content (AvgIpc) is 2.53. The first kappa shape index (κ1) is 19.4. The minimum Gasteiger partial charge on any atom is -0.369 e. The summed E-state index contributed by atoms with van der Waals surface area (Å²) < 4.78 is 25.9. The number of carbonyl (C=O) groups is 1. The van der Waals surface area contributed by atoms with Crippen molar-refractivity contribution >= 4 is 25.8 Å². The molecule has 130 valence electrons. The van der Waals surface area contributed by atoms with Crippen molar-refractivity contribution in [3.63, 3.8) is 0 Å². The first-order chi connectivity index (χ1) is 11.3.